The summed E-state index contributed by atoms with van der Waals surface area (Å²) < 4.78 is 27.7. The SMILES string of the molecule is CC(C)(C)CN=C(NC(=O)c1ccc(F)c(F)c1)NC1C2C3CNC4(CCCCC(CCC4)C4CCCC(CC4)N1N3)C2Cl. The molecule has 3 aliphatic heterocycles. The fourth-order valence-electron chi connectivity index (χ4n) is 8.76. The van der Waals surface area contributed by atoms with Gasteiger partial charge in [0.1, 0.15) is 6.17 Å². The summed E-state index contributed by atoms with van der Waals surface area (Å²) in [5.41, 5.74) is 3.69. The third-order valence-electron chi connectivity index (χ3n) is 11.1. The molecule has 1 aromatic rings. The Kier molecular flexibility index (Phi) is 9.59. The van der Waals surface area contributed by atoms with E-state index in [1.54, 1.807) is 0 Å². The molecule has 3 heterocycles. The first-order chi connectivity index (χ1) is 21.0. The number of carbonyl (C=O) groups excluding carboxylic acids is 1. The Morgan fingerprint density at radius 2 is 1.77 bits per heavy atom. The van der Waals surface area contributed by atoms with Gasteiger partial charge in [0.15, 0.2) is 17.6 Å². The Morgan fingerprint density at radius 1 is 1.02 bits per heavy atom. The molecule has 244 valence electrons. The van der Waals surface area contributed by atoms with E-state index in [2.05, 4.69) is 47.2 Å². The highest BCUT2D eigenvalue weighted by Crippen LogP contribution is 2.46. The number of carbonyl (C=O) groups is 1. The van der Waals surface area contributed by atoms with Crippen LogP contribution in [0.5, 0.6) is 0 Å². The second kappa shape index (κ2) is 13.1. The lowest BCUT2D eigenvalue weighted by Crippen LogP contribution is -2.66. The molecule has 9 atom stereocenters. The molecular formula is C34H51ClF2N6O. The van der Waals surface area contributed by atoms with Crippen LogP contribution in [0.1, 0.15) is 108 Å². The first kappa shape index (κ1) is 32.1. The van der Waals surface area contributed by atoms with Crippen LogP contribution >= 0.6 is 11.6 Å². The zero-order valence-corrected chi connectivity index (χ0v) is 27.4. The van der Waals surface area contributed by atoms with Gasteiger partial charge in [-0.25, -0.2) is 19.2 Å². The normalized spacial score (nSPS) is 37.7. The van der Waals surface area contributed by atoms with E-state index in [1.165, 1.54) is 57.4 Å². The summed E-state index contributed by atoms with van der Waals surface area (Å²) in [5.74, 6) is -0.545. The van der Waals surface area contributed by atoms with Crippen LogP contribution < -0.4 is 21.4 Å². The van der Waals surface area contributed by atoms with E-state index in [0.717, 1.165) is 56.2 Å². The van der Waals surface area contributed by atoms with Gasteiger partial charge in [-0.15, -0.1) is 11.6 Å². The molecule has 7 nitrogen and oxygen atoms in total. The highest BCUT2D eigenvalue weighted by molar-refractivity contribution is 6.22. The van der Waals surface area contributed by atoms with Crippen molar-refractivity contribution in [2.45, 2.75) is 127 Å². The van der Waals surface area contributed by atoms with Gasteiger partial charge in [-0.2, -0.15) is 0 Å². The van der Waals surface area contributed by atoms with E-state index in [-0.39, 0.29) is 40.0 Å². The van der Waals surface area contributed by atoms with Gasteiger partial charge in [0.05, 0.1) is 5.38 Å². The largest absolute Gasteiger partial charge is 0.339 e. The molecule has 2 saturated carbocycles. The fraction of sp³-hybridized carbons (Fsp3) is 0.765. The van der Waals surface area contributed by atoms with Gasteiger partial charge in [-0.3, -0.25) is 15.1 Å². The topological polar surface area (TPSA) is 80.8 Å². The number of halogens is 3. The van der Waals surface area contributed by atoms with Crippen LogP contribution in [0.4, 0.5) is 8.78 Å². The number of aliphatic imine (C=N–C) groups is 1. The third-order valence-corrected chi connectivity index (χ3v) is 11.8. The van der Waals surface area contributed by atoms with E-state index in [9.17, 15) is 13.6 Å². The molecule has 0 aromatic heterocycles. The lowest BCUT2D eigenvalue weighted by Gasteiger charge is -2.49. The number of guanidine groups is 1. The second-order valence-electron chi connectivity index (χ2n) is 15.4. The van der Waals surface area contributed by atoms with Gasteiger partial charge in [0.25, 0.3) is 5.91 Å². The van der Waals surface area contributed by atoms with Crippen LogP contribution in [0, 0.1) is 34.8 Å². The Bertz CT molecular complexity index is 1220. The number of piperidine rings is 1. The van der Waals surface area contributed by atoms with Crippen LogP contribution in [-0.2, 0) is 0 Å². The van der Waals surface area contributed by atoms with E-state index < -0.39 is 17.5 Å². The van der Waals surface area contributed by atoms with Crippen molar-refractivity contribution in [1.29, 1.82) is 0 Å². The van der Waals surface area contributed by atoms with Crippen molar-refractivity contribution in [2.75, 3.05) is 13.1 Å². The fourth-order valence-corrected chi connectivity index (χ4v) is 9.37. The summed E-state index contributed by atoms with van der Waals surface area (Å²) in [6, 6.07) is 3.70. The number of hydrogen-bond donors (Lipinski definition) is 4. The maximum Gasteiger partial charge on any atom is 0.258 e. The molecule has 3 saturated heterocycles. The molecular weight excluding hydrogens is 582 g/mol. The molecule has 1 spiro atoms. The van der Waals surface area contributed by atoms with Crippen LogP contribution in [0.15, 0.2) is 23.2 Å². The Hall–Kier alpha value is -1.81. The van der Waals surface area contributed by atoms with Gasteiger partial charge in [-0.1, -0.05) is 65.7 Å². The second-order valence-corrected chi connectivity index (χ2v) is 15.8. The smallest absolute Gasteiger partial charge is 0.258 e. The van der Waals surface area contributed by atoms with E-state index >= 15 is 0 Å². The summed E-state index contributed by atoms with van der Waals surface area (Å²) in [6.45, 7) is 7.62. The average Bonchev–Trinajstić information content (AvgIpc) is 3.21. The number of amides is 1. The highest BCUT2D eigenvalue weighted by atomic mass is 35.5. The number of nitrogens with zero attached hydrogens (tertiary/aromatic N) is 2. The summed E-state index contributed by atoms with van der Waals surface area (Å²) in [6.07, 6.45) is 14.3. The van der Waals surface area contributed by atoms with Crippen molar-refractivity contribution < 1.29 is 13.6 Å². The van der Waals surface area contributed by atoms with Gasteiger partial charge < -0.3 is 10.6 Å². The van der Waals surface area contributed by atoms with Gasteiger partial charge in [-0.05, 0) is 67.6 Å². The van der Waals surface area contributed by atoms with Crippen LogP contribution in [0.3, 0.4) is 0 Å². The summed E-state index contributed by atoms with van der Waals surface area (Å²) >= 11 is 7.67. The number of alkyl halides is 1. The minimum Gasteiger partial charge on any atom is -0.339 e. The van der Waals surface area contributed by atoms with Crippen molar-refractivity contribution in [3.05, 3.63) is 35.4 Å². The summed E-state index contributed by atoms with van der Waals surface area (Å²) in [4.78, 5) is 18.2. The molecule has 2 aliphatic carbocycles. The number of benzene rings is 1. The molecule has 44 heavy (non-hydrogen) atoms. The molecule has 4 N–H and O–H groups in total. The lowest BCUT2D eigenvalue weighted by atomic mass is 9.73. The number of fused-ring (bicyclic) bond motifs is 9. The van der Waals surface area contributed by atoms with E-state index in [0.29, 0.717) is 18.5 Å². The van der Waals surface area contributed by atoms with Crippen LogP contribution in [0.25, 0.3) is 0 Å². The van der Waals surface area contributed by atoms with Crippen molar-refractivity contribution >= 4 is 23.5 Å². The number of hydrazine groups is 1. The standard InChI is InChI=1S/C34H51ClF2N6O/c1-33(2,3)20-38-32(41-31(44)23-13-15-25(36)26(37)18-23)40-30-28-27-19-39-34(29(28)35)16-5-4-8-21(10-7-17-34)22-9-6-11-24(14-12-22)43(30)42-27/h13,15,18,21-22,24,27-30,39,42H,4-12,14,16-17,19-20H2,1-3H3,(H2,38,40,41,44). The number of rotatable bonds is 3. The van der Waals surface area contributed by atoms with Crippen molar-refractivity contribution in [1.82, 2.24) is 26.4 Å². The third kappa shape index (κ3) is 6.81. The van der Waals surface area contributed by atoms with Crippen molar-refractivity contribution in [3.63, 3.8) is 0 Å². The first-order valence-electron chi connectivity index (χ1n) is 17.0. The van der Waals surface area contributed by atoms with Crippen LogP contribution in [-0.4, -0.2) is 59.1 Å². The van der Waals surface area contributed by atoms with E-state index in [4.69, 9.17) is 16.6 Å². The maximum absolute atomic E-state index is 14.0. The Labute approximate surface area is 266 Å². The molecule has 10 heteroatoms. The highest BCUT2D eigenvalue weighted by Gasteiger charge is 2.57. The maximum atomic E-state index is 14.0. The quantitative estimate of drug-likeness (QED) is 0.184. The first-order valence-corrected chi connectivity index (χ1v) is 17.5. The van der Waals surface area contributed by atoms with Gasteiger partial charge >= 0.3 is 0 Å². The average molecular weight is 633 g/mol. The van der Waals surface area contributed by atoms with Crippen molar-refractivity contribution in [3.8, 4) is 0 Å². The van der Waals surface area contributed by atoms with Gasteiger partial charge in [0.2, 0.25) is 0 Å². The molecule has 5 aliphatic rings. The predicted octanol–water partition coefficient (Wildman–Crippen LogP) is 6.09. The molecule has 1 aromatic carbocycles. The zero-order valence-electron chi connectivity index (χ0n) is 26.6. The lowest BCUT2D eigenvalue weighted by molar-refractivity contribution is 0.0816. The minimum absolute atomic E-state index is 0.0433. The molecule has 6 rings (SSSR count). The summed E-state index contributed by atoms with van der Waals surface area (Å²) in [7, 11) is 0. The summed E-state index contributed by atoms with van der Waals surface area (Å²) in [5, 5.41) is 12.9. The van der Waals surface area contributed by atoms with Gasteiger partial charge in [0, 0.05) is 42.2 Å². The Morgan fingerprint density at radius 3 is 2.57 bits per heavy atom. The Balaban J connectivity index is 1.35. The minimum atomic E-state index is -1.05. The number of nitrogens with one attached hydrogen (secondary N) is 4. The molecule has 6 bridgehead atoms. The predicted molar refractivity (Wildman–Crippen MR) is 171 cm³/mol. The molecule has 0 radical (unpaired) electrons. The zero-order chi connectivity index (χ0) is 31.1. The molecule has 5 fully saturated rings. The van der Waals surface area contributed by atoms with Crippen molar-refractivity contribution in [2.24, 2.45) is 28.2 Å². The van der Waals surface area contributed by atoms with Crippen LogP contribution in [0.2, 0.25) is 0 Å². The molecule has 1 amide bonds. The molecule has 9 unspecified atom stereocenters. The van der Waals surface area contributed by atoms with E-state index in [1.807, 2.05) is 0 Å². The monoisotopic (exact) mass is 632 g/mol. The number of hydrogen-bond acceptors (Lipinski definition) is 5.